The van der Waals surface area contributed by atoms with Crippen LogP contribution in [0.15, 0.2) is 40.2 Å². The third-order valence-corrected chi connectivity index (χ3v) is 6.31. The maximum Gasteiger partial charge on any atom is 0.307 e. The molecule has 2 aliphatic rings. The van der Waals surface area contributed by atoms with E-state index in [4.69, 9.17) is 4.42 Å². The van der Waals surface area contributed by atoms with Gasteiger partial charge in [0.1, 0.15) is 5.76 Å². The molecule has 2 heterocycles. The van der Waals surface area contributed by atoms with Gasteiger partial charge in [0, 0.05) is 13.2 Å². The van der Waals surface area contributed by atoms with E-state index in [2.05, 4.69) is 15.7 Å². The van der Waals surface area contributed by atoms with E-state index in [1.54, 1.807) is 25.4 Å². The predicted octanol–water partition coefficient (Wildman–Crippen LogP) is 2.57. The molecule has 9 nitrogen and oxygen atoms in total. The highest BCUT2D eigenvalue weighted by Crippen LogP contribution is 2.57. The first-order valence-electron chi connectivity index (χ1n) is 10.3. The van der Waals surface area contributed by atoms with Crippen LogP contribution in [0.1, 0.15) is 42.9 Å². The zero-order valence-corrected chi connectivity index (χ0v) is 17.7. The van der Waals surface area contributed by atoms with Gasteiger partial charge in [0.25, 0.3) is 5.91 Å². The van der Waals surface area contributed by atoms with Crippen molar-refractivity contribution in [3.8, 4) is 0 Å². The zero-order valence-electron chi connectivity index (χ0n) is 17.7. The number of carbonyl (C=O) groups excluding carboxylic acids is 2. The first kappa shape index (κ1) is 20.9. The summed E-state index contributed by atoms with van der Waals surface area (Å²) in [6.07, 6.45) is 4.66. The Morgan fingerprint density at radius 1 is 1.23 bits per heavy atom. The minimum Gasteiger partial charge on any atom is -0.481 e. The van der Waals surface area contributed by atoms with Crippen molar-refractivity contribution in [1.29, 1.82) is 0 Å². The fraction of sp³-hybridized carbons (Fsp3) is 0.455. The number of carboxylic acids is 1. The number of rotatable bonds is 6. The highest BCUT2D eigenvalue weighted by molar-refractivity contribution is 6.03. The second-order valence-electron chi connectivity index (χ2n) is 8.45. The molecular formula is C22H26N4O5. The lowest BCUT2D eigenvalue weighted by Crippen LogP contribution is -2.38. The summed E-state index contributed by atoms with van der Waals surface area (Å²) >= 11 is 0. The smallest absolute Gasteiger partial charge is 0.307 e. The number of aryl methyl sites for hydroxylation is 1. The van der Waals surface area contributed by atoms with Crippen molar-refractivity contribution in [2.75, 3.05) is 5.32 Å². The van der Waals surface area contributed by atoms with E-state index in [0.717, 1.165) is 24.0 Å². The number of allylic oxidation sites excluding steroid dienone is 2. The standard InChI is InChI=1S/C22H26N4O5/c1-11(2)16-13-6-7-14(16)18(22(29)30)17(13)20(27)24-15-10-26(3)25-19(15)21(28)23-9-12-5-4-8-31-12/h4-5,8,10,13-14,17-18H,6-7,9H2,1-3H3,(H,23,28)(H,24,27)(H,29,30)/t13-,14+,17+,18-/m0/s1. The molecule has 0 saturated heterocycles. The number of carboxylic acid groups (broad SMARTS) is 1. The third-order valence-electron chi connectivity index (χ3n) is 6.31. The summed E-state index contributed by atoms with van der Waals surface area (Å²) in [6.45, 7) is 4.14. The molecule has 0 aromatic carbocycles. The van der Waals surface area contributed by atoms with Crippen LogP contribution in [0.3, 0.4) is 0 Å². The number of furan rings is 1. The highest BCUT2D eigenvalue weighted by Gasteiger charge is 2.57. The summed E-state index contributed by atoms with van der Waals surface area (Å²) in [5.41, 5.74) is 2.53. The molecule has 2 bridgehead atoms. The molecule has 2 amide bonds. The largest absolute Gasteiger partial charge is 0.481 e. The first-order chi connectivity index (χ1) is 14.8. The van der Waals surface area contributed by atoms with Crippen LogP contribution in [0.5, 0.6) is 0 Å². The molecule has 2 aromatic heterocycles. The number of amides is 2. The van der Waals surface area contributed by atoms with Crippen molar-refractivity contribution in [2.24, 2.45) is 30.7 Å². The molecule has 164 valence electrons. The number of nitrogens with zero attached hydrogens (tertiary/aromatic N) is 2. The normalized spacial score (nSPS) is 24.3. The Labute approximate surface area is 179 Å². The quantitative estimate of drug-likeness (QED) is 0.610. The maximum atomic E-state index is 13.2. The molecule has 4 rings (SSSR count). The Bertz CT molecular complexity index is 1050. The lowest BCUT2D eigenvalue weighted by atomic mass is 9.78. The van der Waals surface area contributed by atoms with Gasteiger partial charge < -0.3 is 20.2 Å². The van der Waals surface area contributed by atoms with Gasteiger partial charge >= 0.3 is 5.97 Å². The number of fused-ring (bicyclic) bond motifs is 2. The van der Waals surface area contributed by atoms with Gasteiger partial charge in [-0.15, -0.1) is 0 Å². The van der Waals surface area contributed by atoms with E-state index in [1.807, 2.05) is 13.8 Å². The molecule has 0 radical (unpaired) electrons. The van der Waals surface area contributed by atoms with E-state index in [1.165, 1.54) is 10.9 Å². The van der Waals surface area contributed by atoms with E-state index >= 15 is 0 Å². The van der Waals surface area contributed by atoms with E-state index in [9.17, 15) is 19.5 Å². The van der Waals surface area contributed by atoms with Gasteiger partial charge in [0.15, 0.2) is 5.69 Å². The van der Waals surface area contributed by atoms with Crippen molar-refractivity contribution < 1.29 is 23.9 Å². The van der Waals surface area contributed by atoms with Crippen molar-refractivity contribution in [3.63, 3.8) is 0 Å². The van der Waals surface area contributed by atoms with Gasteiger partial charge in [-0.25, -0.2) is 0 Å². The van der Waals surface area contributed by atoms with Crippen LogP contribution in [0.25, 0.3) is 0 Å². The Hall–Kier alpha value is -3.36. The maximum absolute atomic E-state index is 13.2. The minimum absolute atomic E-state index is 0.0693. The molecule has 0 spiro atoms. The van der Waals surface area contributed by atoms with Gasteiger partial charge in [-0.2, -0.15) is 5.10 Å². The topological polar surface area (TPSA) is 126 Å². The second kappa shape index (κ2) is 8.05. The fourth-order valence-corrected chi connectivity index (χ4v) is 5.23. The highest BCUT2D eigenvalue weighted by atomic mass is 16.4. The monoisotopic (exact) mass is 426 g/mol. The second-order valence-corrected chi connectivity index (χ2v) is 8.45. The molecule has 0 aliphatic heterocycles. The zero-order chi connectivity index (χ0) is 22.3. The molecule has 2 fully saturated rings. The Kier molecular flexibility index (Phi) is 5.43. The van der Waals surface area contributed by atoms with Crippen LogP contribution in [-0.4, -0.2) is 32.7 Å². The lowest BCUT2D eigenvalue weighted by Gasteiger charge is -2.26. The number of hydrogen-bond acceptors (Lipinski definition) is 5. The average molecular weight is 426 g/mol. The van der Waals surface area contributed by atoms with Crippen molar-refractivity contribution in [3.05, 3.63) is 47.2 Å². The van der Waals surface area contributed by atoms with Gasteiger partial charge in [0.05, 0.1) is 30.3 Å². The Morgan fingerprint density at radius 3 is 2.55 bits per heavy atom. The van der Waals surface area contributed by atoms with E-state index in [0.29, 0.717) is 5.76 Å². The SMILES string of the molecule is CC(C)=C1[C@H]2CC[C@@H]1[C@@H](C(=O)Nc1cn(C)nc1C(=O)NCc1ccco1)[C@H]2C(=O)O. The summed E-state index contributed by atoms with van der Waals surface area (Å²) < 4.78 is 6.65. The minimum atomic E-state index is -0.950. The van der Waals surface area contributed by atoms with E-state index in [-0.39, 0.29) is 35.7 Å². The molecule has 4 atom stereocenters. The summed E-state index contributed by atoms with van der Waals surface area (Å²) in [5, 5.41) is 19.5. The average Bonchev–Trinajstić information content (AvgIpc) is 3.48. The van der Waals surface area contributed by atoms with Crippen LogP contribution < -0.4 is 10.6 Å². The summed E-state index contributed by atoms with van der Waals surface area (Å²) in [4.78, 5) is 37.9. The molecule has 2 aliphatic carbocycles. The first-order valence-corrected chi connectivity index (χ1v) is 10.3. The molecule has 31 heavy (non-hydrogen) atoms. The van der Waals surface area contributed by atoms with Crippen LogP contribution in [-0.2, 0) is 23.2 Å². The fourth-order valence-electron chi connectivity index (χ4n) is 5.23. The molecule has 2 aromatic rings. The Balaban J connectivity index is 1.54. The molecule has 9 heteroatoms. The van der Waals surface area contributed by atoms with Crippen LogP contribution in [0.2, 0.25) is 0 Å². The molecular weight excluding hydrogens is 400 g/mol. The molecule has 2 saturated carbocycles. The van der Waals surface area contributed by atoms with Crippen molar-refractivity contribution >= 4 is 23.5 Å². The molecule has 0 unspecified atom stereocenters. The summed E-state index contributed by atoms with van der Waals surface area (Å²) in [7, 11) is 1.65. The Morgan fingerprint density at radius 2 is 1.94 bits per heavy atom. The summed E-state index contributed by atoms with van der Waals surface area (Å²) in [5.74, 6) is -2.80. The van der Waals surface area contributed by atoms with Crippen LogP contribution in [0.4, 0.5) is 5.69 Å². The van der Waals surface area contributed by atoms with E-state index < -0.39 is 23.7 Å². The van der Waals surface area contributed by atoms with Gasteiger partial charge in [-0.1, -0.05) is 11.1 Å². The summed E-state index contributed by atoms with van der Waals surface area (Å²) in [6, 6.07) is 3.46. The number of anilines is 1. The number of nitrogens with one attached hydrogen (secondary N) is 2. The van der Waals surface area contributed by atoms with Crippen LogP contribution in [0, 0.1) is 23.7 Å². The van der Waals surface area contributed by atoms with Crippen molar-refractivity contribution in [2.45, 2.75) is 33.2 Å². The predicted molar refractivity (Wildman–Crippen MR) is 111 cm³/mol. The number of hydrogen-bond donors (Lipinski definition) is 3. The van der Waals surface area contributed by atoms with Gasteiger partial charge in [-0.05, 0) is 50.7 Å². The van der Waals surface area contributed by atoms with Crippen molar-refractivity contribution in [1.82, 2.24) is 15.1 Å². The third kappa shape index (κ3) is 3.75. The van der Waals surface area contributed by atoms with Gasteiger partial charge in [-0.3, -0.25) is 19.1 Å². The lowest BCUT2D eigenvalue weighted by molar-refractivity contribution is -0.148. The number of carbonyl (C=O) groups is 3. The molecule has 3 N–H and O–H groups in total. The van der Waals surface area contributed by atoms with Crippen LogP contribution >= 0.6 is 0 Å². The van der Waals surface area contributed by atoms with Gasteiger partial charge in [0.2, 0.25) is 5.91 Å². The number of aliphatic carboxylic acids is 1. The number of aromatic nitrogens is 2.